The molecule has 36 heavy (non-hydrogen) atoms. The van der Waals surface area contributed by atoms with E-state index in [0.717, 1.165) is 19.3 Å². The summed E-state index contributed by atoms with van der Waals surface area (Å²) in [7, 11) is -3.85. The minimum Gasteiger partial charge on any atom is -0.466 e. The number of esters is 1. The largest absolute Gasteiger partial charge is 0.466 e. The third kappa shape index (κ3) is 4.67. The molecule has 0 bridgehead atoms. The fourth-order valence-corrected chi connectivity index (χ4v) is 6.83. The van der Waals surface area contributed by atoms with E-state index in [2.05, 4.69) is 5.32 Å². The summed E-state index contributed by atoms with van der Waals surface area (Å²) in [4.78, 5) is 27.5. The topological polar surface area (TPSA) is 105 Å². The first-order valence-corrected chi connectivity index (χ1v) is 14.0. The van der Waals surface area contributed by atoms with Crippen molar-refractivity contribution in [3.63, 3.8) is 0 Å². The molecule has 1 amide bonds. The fraction of sp³-hybridized carbons (Fsp3) is 0.462. The van der Waals surface area contributed by atoms with Crippen LogP contribution >= 0.6 is 0 Å². The molecular formula is C26H31N3O6S. The highest BCUT2D eigenvalue weighted by atomic mass is 32.2. The number of fused-ring (bicyclic) bond motifs is 2. The van der Waals surface area contributed by atoms with Gasteiger partial charge in [0, 0.05) is 32.2 Å². The predicted molar refractivity (Wildman–Crippen MR) is 135 cm³/mol. The van der Waals surface area contributed by atoms with Gasteiger partial charge in [-0.15, -0.1) is 0 Å². The van der Waals surface area contributed by atoms with Crippen molar-refractivity contribution in [3.8, 4) is 11.5 Å². The third-order valence-electron chi connectivity index (χ3n) is 7.05. The summed E-state index contributed by atoms with van der Waals surface area (Å²) in [5, 5.41) is 2.83. The summed E-state index contributed by atoms with van der Waals surface area (Å²) < 4.78 is 40.5. The van der Waals surface area contributed by atoms with Gasteiger partial charge in [0.15, 0.2) is 5.75 Å². The quantitative estimate of drug-likeness (QED) is 0.603. The lowest BCUT2D eigenvalue weighted by Crippen LogP contribution is -2.40. The Bertz CT molecular complexity index is 1260. The van der Waals surface area contributed by atoms with E-state index in [4.69, 9.17) is 9.47 Å². The molecule has 0 radical (unpaired) electrons. The summed E-state index contributed by atoms with van der Waals surface area (Å²) in [5.74, 6) is -0.0479. The van der Waals surface area contributed by atoms with Crippen molar-refractivity contribution in [2.45, 2.75) is 43.9 Å². The second kappa shape index (κ2) is 10.1. The summed E-state index contributed by atoms with van der Waals surface area (Å²) in [6, 6.07) is 10.2. The van der Waals surface area contributed by atoms with Gasteiger partial charge >= 0.3 is 5.97 Å². The maximum absolute atomic E-state index is 13.9. The molecule has 2 fully saturated rings. The number of hydrogen-bond donors (Lipinski definition) is 1. The number of ether oxygens (including phenoxy) is 2. The molecule has 9 nitrogen and oxygen atoms in total. The van der Waals surface area contributed by atoms with Gasteiger partial charge in [0.2, 0.25) is 10.0 Å². The highest BCUT2D eigenvalue weighted by Crippen LogP contribution is 2.42. The van der Waals surface area contributed by atoms with E-state index in [1.807, 2.05) is 11.0 Å². The molecular weight excluding hydrogens is 482 g/mol. The number of benzene rings is 2. The van der Waals surface area contributed by atoms with E-state index in [9.17, 15) is 18.0 Å². The van der Waals surface area contributed by atoms with Crippen LogP contribution < -0.4 is 15.0 Å². The molecule has 0 unspecified atom stereocenters. The summed E-state index contributed by atoms with van der Waals surface area (Å²) >= 11 is 0. The van der Waals surface area contributed by atoms with Crippen molar-refractivity contribution in [2.75, 3.05) is 43.0 Å². The lowest BCUT2D eigenvalue weighted by molar-refractivity contribution is -0.148. The Balaban J connectivity index is 1.55. The van der Waals surface area contributed by atoms with Gasteiger partial charge in [0.1, 0.15) is 10.6 Å². The second-order valence-corrected chi connectivity index (χ2v) is 11.3. The first-order valence-electron chi connectivity index (χ1n) is 12.6. The zero-order chi connectivity index (χ0) is 25.3. The van der Waals surface area contributed by atoms with Gasteiger partial charge in [0.25, 0.3) is 5.91 Å². The number of para-hydroxylation sites is 2. The van der Waals surface area contributed by atoms with Crippen LogP contribution in [0.25, 0.3) is 0 Å². The molecule has 0 aromatic heterocycles. The van der Waals surface area contributed by atoms with Crippen molar-refractivity contribution in [1.29, 1.82) is 0 Å². The Morgan fingerprint density at radius 1 is 1.06 bits per heavy atom. The molecule has 3 aliphatic heterocycles. The molecule has 0 aliphatic carbocycles. The number of nitrogens with one attached hydrogen (secondary N) is 1. The molecule has 10 heteroatoms. The summed E-state index contributed by atoms with van der Waals surface area (Å²) in [6.07, 6.45) is 3.73. The molecule has 0 spiro atoms. The Morgan fingerprint density at radius 3 is 2.50 bits per heavy atom. The van der Waals surface area contributed by atoms with Crippen LogP contribution in [0.5, 0.6) is 11.5 Å². The van der Waals surface area contributed by atoms with Gasteiger partial charge in [-0.1, -0.05) is 18.6 Å². The molecule has 2 saturated heterocycles. The third-order valence-corrected chi connectivity index (χ3v) is 8.98. The van der Waals surface area contributed by atoms with Crippen molar-refractivity contribution in [2.24, 2.45) is 5.92 Å². The van der Waals surface area contributed by atoms with Crippen LogP contribution in [0.3, 0.4) is 0 Å². The highest BCUT2D eigenvalue weighted by Gasteiger charge is 2.35. The van der Waals surface area contributed by atoms with Gasteiger partial charge in [-0.25, -0.2) is 8.42 Å². The first kappa shape index (κ1) is 24.6. The molecule has 3 aliphatic rings. The molecule has 2 aromatic rings. The first-order chi connectivity index (χ1) is 17.4. The van der Waals surface area contributed by atoms with Gasteiger partial charge in [0.05, 0.1) is 29.5 Å². The zero-order valence-corrected chi connectivity index (χ0v) is 21.2. The lowest BCUT2D eigenvalue weighted by atomic mass is 9.96. The average molecular weight is 514 g/mol. The Labute approximate surface area is 211 Å². The van der Waals surface area contributed by atoms with Crippen LogP contribution in [0.2, 0.25) is 0 Å². The van der Waals surface area contributed by atoms with E-state index in [-0.39, 0.29) is 22.3 Å². The van der Waals surface area contributed by atoms with Gasteiger partial charge < -0.3 is 19.7 Å². The fourth-order valence-electron chi connectivity index (χ4n) is 5.09. The van der Waals surface area contributed by atoms with E-state index < -0.39 is 15.9 Å². The number of piperidine rings is 2. The van der Waals surface area contributed by atoms with Crippen molar-refractivity contribution >= 4 is 33.3 Å². The number of rotatable bonds is 5. The number of carbonyl (C=O) groups is 2. The molecule has 5 rings (SSSR count). The number of amides is 1. The van der Waals surface area contributed by atoms with Crippen LogP contribution in [0.15, 0.2) is 41.3 Å². The molecule has 0 saturated carbocycles. The highest BCUT2D eigenvalue weighted by molar-refractivity contribution is 7.89. The molecule has 1 N–H and O–H groups in total. The average Bonchev–Trinajstić information content (AvgIpc) is 3.04. The normalized spacial score (nSPS) is 18.9. The predicted octanol–water partition coefficient (Wildman–Crippen LogP) is 4.00. The van der Waals surface area contributed by atoms with Crippen LogP contribution in [0, 0.1) is 5.92 Å². The lowest BCUT2D eigenvalue weighted by Gasteiger charge is -2.35. The minimum atomic E-state index is -3.85. The molecule has 2 aromatic carbocycles. The summed E-state index contributed by atoms with van der Waals surface area (Å²) in [5.41, 5.74) is 1.19. The van der Waals surface area contributed by atoms with Crippen molar-refractivity contribution in [3.05, 3.63) is 42.0 Å². The monoisotopic (exact) mass is 513 g/mol. The second-order valence-electron chi connectivity index (χ2n) is 9.35. The summed E-state index contributed by atoms with van der Waals surface area (Å²) in [6.45, 7) is 4.02. The molecule has 3 heterocycles. The smallest absolute Gasteiger partial charge is 0.309 e. The minimum absolute atomic E-state index is 0.0995. The maximum atomic E-state index is 13.9. The van der Waals surface area contributed by atoms with Crippen LogP contribution in [0.1, 0.15) is 49.4 Å². The van der Waals surface area contributed by atoms with E-state index in [1.165, 1.54) is 10.4 Å². The zero-order valence-electron chi connectivity index (χ0n) is 20.4. The van der Waals surface area contributed by atoms with E-state index in [1.54, 1.807) is 31.2 Å². The van der Waals surface area contributed by atoms with Gasteiger partial charge in [-0.3, -0.25) is 9.59 Å². The van der Waals surface area contributed by atoms with Crippen molar-refractivity contribution < 1.29 is 27.5 Å². The number of carbonyl (C=O) groups excluding carboxylic acids is 2. The van der Waals surface area contributed by atoms with Crippen LogP contribution in [-0.2, 0) is 19.6 Å². The van der Waals surface area contributed by atoms with Crippen molar-refractivity contribution in [1.82, 2.24) is 4.31 Å². The Hall–Kier alpha value is -3.11. The Kier molecular flexibility index (Phi) is 6.90. The number of sulfonamides is 1. The standard InChI is InChI=1S/C26H31N3O6S/c1-2-34-26(31)18-10-14-28(15-11-18)21-17-23-19(25(30)27-20-8-4-5-9-22(20)35-23)16-24(21)36(32,33)29-12-6-3-7-13-29/h4-5,8-9,16-18H,2-3,6-7,10-15H2,1H3,(H,27,30). The maximum Gasteiger partial charge on any atom is 0.309 e. The van der Waals surface area contributed by atoms with Crippen LogP contribution in [0.4, 0.5) is 11.4 Å². The number of hydrogen-bond acceptors (Lipinski definition) is 7. The number of anilines is 2. The van der Waals surface area contributed by atoms with Gasteiger partial charge in [-0.05, 0) is 50.8 Å². The Morgan fingerprint density at radius 2 is 1.78 bits per heavy atom. The van der Waals surface area contributed by atoms with E-state index in [0.29, 0.717) is 68.5 Å². The number of nitrogens with zero attached hydrogens (tertiary/aromatic N) is 2. The van der Waals surface area contributed by atoms with Crippen LogP contribution in [-0.4, -0.2) is 57.4 Å². The SMILES string of the molecule is CCOC(=O)C1CCN(c2cc3c(cc2S(=O)(=O)N2CCCCC2)C(=O)Nc2ccccc2O3)CC1. The van der Waals surface area contributed by atoms with Gasteiger partial charge in [-0.2, -0.15) is 4.31 Å². The molecule has 192 valence electrons. The van der Waals surface area contributed by atoms with E-state index >= 15 is 0 Å². The molecule has 0 atom stereocenters.